The maximum atomic E-state index is 12.8. The Morgan fingerprint density at radius 1 is 1.00 bits per heavy atom. The maximum Gasteiger partial charge on any atom is 0.453 e. The Labute approximate surface area is 146 Å². The number of ether oxygens (including phenoxy) is 1. The summed E-state index contributed by atoms with van der Waals surface area (Å²) in [4.78, 5) is 11.9. The first-order valence-corrected chi connectivity index (χ1v) is 8.87. The zero-order valence-electron chi connectivity index (χ0n) is 14.8. The van der Waals surface area contributed by atoms with E-state index >= 15 is 0 Å². The van der Waals surface area contributed by atoms with Gasteiger partial charge in [0, 0.05) is 6.42 Å². The summed E-state index contributed by atoms with van der Waals surface area (Å²) in [6.07, 6.45) is 0.399. The monoisotopic (exact) mass is 372 g/mol. The second kappa shape index (κ2) is 12.3. The fraction of sp³-hybridized carbons (Fsp3) is 0.833. The van der Waals surface area contributed by atoms with Gasteiger partial charge >= 0.3 is 18.1 Å². The summed E-state index contributed by atoms with van der Waals surface area (Å²) in [6.45, 7) is 5.61. The molecule has 0 aliphatic rings. The molecular formula is C18H29F5O2. The molecule has 0 aliphatic carbocycles. The predicted molar refractivity (Wildman–Crippen MR) is 87.5 cm³/mol. The average molecular weight is 372 g/mol. The second-order valence-electron chi connectivity index (χ2n) is 6.18. The fourth-order valence-electron chi connectivity index (χ4n) is 2.55. The minimum atomic E-state index is -5.49. The van der Waals surface area contributed by atoms with Gasteiger partial charge in [0.2, 0.25) is 0 Å². The number of rotatable bonds is 14. The molecule has 0 heterocycles. The molecule has 0 spiro atoms. The quantitative estimate of drug-likeness (QED) is 0.152. The molecule has 0 aromatic heterocycles. The summed E-state index contributed by atoms with van der Waals surface area (Å²) in [5.41, 5.74) is 0. The van der Waals surface area contributed by atoms with Gasteiger partial charge in [-0.2, -0.15) is 22.0 Å². The lowest BCUT2D eigenvalue weighted by atomic mass is 9.94. The van der Waals surface area contributed by atoms with E-state index in [1.165, 1.54) is 0 Å². The highest BCUT2D eigenvalue weighted by Gasteiger charge is 2.56. The lowest BCUT2D eigenvalue weighted by Gasteiger charge is -2.19. The van der Waals surface area contributed by atoms with E-state index in [0.717, 1.165) is 25.7 Å². The molecule has 1 atom stereocenters. The van der Waals surface area contributed by atoms with Crippen LogP contribution >= 0.6 is 0 Å². The van der Waals surface area contributed by atoms with Crippen LogP contribution in [0.1, 0.15) is 71.1 Å². The van der Waals surface area contributed by atoms with Crippen LogP contribution < -0.4 is 0 Å². The van der Waals surface area contributed by atoms with Crippen LogP contribution in [0.5, 0.6) is 0 Å². The molecule has 0 radical (unpaired) electrons. The zero-order valence-corrected chi connectivity index (χ0v) is 14.8. The normalized spacial score (nSPS) is 13.5. The fourth-order valence-corrected chi connectivity index (χ4v) is 2.55. The lowest BCUT2D eigenvalue weighted by molar-refractivity contribution is -0.284. The van der Waals surface area contributed by atoms with E-state index in [1.54, 1.807) is 6.92 Å². The van der Waals surface area contributed by atoms with E-state index < -0.39 is 18.5 Å². The SMILES string of the molecule is C=CCCCCCC(CCCCCC(F)(F)C(F)(F)F)C(=O)OCC. The molecule has 0 aromatic rings. The number of unbranched alkanes of at least 4 members (excludes halogenated alkanes) is 5. The van der Waals surface area contributed by atoms with Crippen molar-refractivity contribution >= 4 is 5.97 Å². The van der Waals surface area contributed by atoms with Gasteiger partial charge in [0.05, 0.1) is 12.5 Å². The van der Waals surface area contributed by atoms with Crippen LogP contribution in [0.25, 0.3) is 0 Å². The molecule has 25 heavy (non-hydrogen) atoms. The molecule has 7 heteroatoms. The van der Waals surface area contributed by atoms with E-state index in [1.807, 2.05) is 6.08 Å². The van der Waals surface area contributed by atoms with Gasteiger partial charge in [-0.1, -0.05) is 31.8 Å². The predicted octanol–water partition coefficient (Wildman–Crippen LogP) is 6.45. The van der Waals surface area contributed by atoms with Gasteiger partial charge in [-0.3, -0.25) is 4.79 Å². The van der Waals surface area contributed by atoms with Gasteiger partial charge in [-0.05, 0) is 39.0 Å². The number of hydrogen-bond donors (Lipinski definition) is 0. The van der Waals surface area contributed by atoms with Crippen molar-refractivity contribution < 1.29 is 31.5 Å². The first-order valence-electron chi connectivity index (χ1n) is 8.87. The Morgan fingerprint density at radius 2 is 1.56 bits per heavy atom. The van der Waals surface area contributed by atoms with E-state index in [4.69, 9.17) is 4.74 Å². The summed E-state index contributed by atoms with van der Waals surface area (Å²) in [5, 5.41) is 0. The maximum absolute atomic E-state index is 12.8. The van der Waals surface area contributed by atoms with Crippen molar-refractivity contribution in [3.05, 3.63) is 12.7 Å². The molecule has 0 fully saturated rings. The van der Waals surface area contributed by atoms with E-state index in [-0.39, 0.29) is 31.3 Å². The van der Waals surface area contributed by atoms with Gasteiger partial charge in [-0.25, -0.2) is 0 Å². The molecule has 0 saturated carbocycles. The van der Waals surface area contributed by atoms with Gasteiger partial charge in [0.25, 0.3) is 0 Å². The first kappa shape index (κ1) is 23.9. The van der Waals surface area contributed by atoms with Gasteiger partial charge in [0.15, 0.2) is 0 Å². The Bertz CT molecular complexity index is 380. The van der Waals surface area contributed by atoms with Crippen LogP contribution in [0.15, 0.2) is 12.7 Å². The number of allylic oxidation sites excluding steroid dienone is 1. The smallest absolute Gasteiger partial charge is 0.453 e. The largest absolute Gasteiger partial charge is 0.466 e. The van der Waals surface area contributed by atoms with E-state index in [9.17, 15) is 26.7 Å². The second-order valence-corrected chi connectivity index (χ2v) is 6.18. The molecule has 0 aromatic carbocycles. The third kappa shape index (κ3) is 10.4. The molecule has 0 saturated heterocycles. The molecule has 0 amide bonds. The van der Waals surface area contributed by atoms with Crippen LogP contribution in [0.4, 0.5) is 22.0 Å². The van der Waals surface area contributed by atoms with Crippen LogP contribution in [0, 0.1) is 5.92 Å². The van der Waals surface area contributed by atoms with Gasteiger partial charge in [0.1, 0.15) is 0 Å². The Hall–Kier alpha value is -1.14. The van der Waals surface area contributed by atoms with Crippen molar-refractivity contribution in [1.82, 2.24) is 0 Å². The Balaban J connectivity index is 4.16. The van der Waals surface area contributed by atoms with E-state index in [0.29, 0.717) is 19.3 Å². The number of halogens is 5. The highest BCUT2D eigenvalue weighted by Crippen LogP contribution is 2.39. The molecule has 0 bridgehead atoms. The number of carbonyl (C=O) groups excluding carboxylic acids is 1. The molecule has 1 unspecified atom stereocenters. The van der Waals surface area contributed by atoms with Crippen molar-refractivity contribution in [3.63, 3.8) is 0 Å². The molecule has 2 nitrogen and oxygen atoms in total. The van der Waals surface area contributed by atoms with Gasteiger partial charge < -0.3 is 4.74 Å². The summed E-state index contributed by atoms with van der Waals surface area (Å²) in [5.74, 6) is -5.27. The lowest BCUT2D eigenvalue weighted by Crippen LogP contribution is -2.36. The molecular weight excluding hydrogens is 343 g/mol. The van der Waals surface area contributed by atoms with Crippen LogP contribution in [-0.2, 0) is 9.53 Å². The minimum Gasteiger partial charge on any atom is -0.466 e. The minimum absolute atomic E-state index is 0.221. The van der Waals surface area contributed by atoms with Crippen molar-refractivity contribution in [2.75, 3.05) is 6.61 Å². The standard InChI is InChI=1S/C18H29F5O2/c1-3-5-6-7-9-12-15(16(24)25-4-2)13-10-8-11-14-17(19,20)18(21,22)23/h3,15H,1,4-14H2,2H3. The number of alkyl halides is 5. The van der Waals surface area contributed by atoms with Crippen LogP contribution in [-0.4, -0.2) is 24.7 Å². The number of esters is 1. The summed E-state index contributed by atoms with van der Waals surface area (Å²) in [7, 11) is 0. The number of hydrogen-bond acceptors (Lipinski definition) is 2. The first-order chi connectivity index (χ1) is 11.7. The van der Waals surface area contributed by atoms with Crippen molar-refractivity contribution in [2.24, 2.45) is 5.92 Å². The summed E-state index contributed by atoms with van der Waals surface area (Å²) < 4.78 is 66.8. The third-order valence-electron chi connectivity index (χ3n) is 4.04. The van der Waals surface area contributed by atoms with Crippen molar-refractivity contribution in [1.29, 1.82) is 0 Å². The highest BCUT2D eigenvalue weighted by atomic mass is 19.4. The third-order valence-corrected chi connectivity index (χ3v) is 4.04. The Morgan fingerprint density at radius 3 is 2.04 bits per heavy atom. The summed E-state index contributed by atoms with van der Waals surface area (Å²) in [6, 6.07) is 0. The van der Waals surface area contributed by atoms with Crippen molar-refractivity contribution in [3.8, 4) is 0 Å². The zero-order chi connectivity index (χ0) is 19.3. The van der Waals surface area contributed by atoms with Gasteiger partial charge in [-0.15, -0.1) is 6.58 Å². The summed E-state index contributed by atoms with van der Waals surface area (Å²) >= 11 is 0. The number of carbonyl (C=O) groups is 1. The Kier molecular flexibility index (Phi) is 11.7. The van der Waals surface area contributed by atoms with E-state index in [2.05, 4.69) is 6.58 Å². The van der Waals surface area contributed by atoms with Crippen LogP contribution in [0.2, 0.25) is 0 Å². The average Bonchev–Trinajstić information content (AvgIpc) is 2.51. The topological polar surface area (TPSA) is 26.3 Å². The molecule has 0 N–H and O–H groups in total. The van der Waals surface area contributed by atoms with Crippen LogP contribution in [0.3, 0.4) is 0 Å². The van der Waals surface area contributed by atoms with Crippen molar-refractivity contribution in [2.45, 2.75) is 83.2 Å². The molecule has 148 valence electrons. The molecule has 0 aliphatic heterocycles. The highest BCUT2D eigenvalue weighted by molar-refractivity contribution is 5.72. The molecule has 0 rings (SSSR count).